The fraction of sp³-hybridized carbons (Fsp3) is 0.545. The topological polar surface area (TPSA) is 52.6 Å². The van der Waals surface area contributed by atoms with Crippen molar-refractivity contribution in [3.8, 4) is 11.5 Å². The lowest BCUT2D eigenvalue weighted by atomic mass is 10.2. The molecule has 1 aromatic heterocycles. The van der Waals surface area contributed by atoms with E-state index in [9.17, 15) is 0 Å². The van der Waals surface area contributed by atoms with Crippen LogP contribution in [0.25, 0.3) is 0 Å². The molecule has 2 heterocycles. The third-order valence-corrected chi connectivity index (χ3v) is 2.56. The fourth-order valence-electron chi connectivity index (χ4n) is 1.57. The number of hydrogen-bond donors (Lipinski definition) is 1. The van der Waals surface area contributed by atoms with E-state index in [1.54, 1.807) is 26.5 Å². The molecule has 0 spiro atoms. The van der Waals surface area contributed by atoms with Gasteiger partial charge in [0.05, 0.1) is 39.2 Å². The molecule has 0 unspecified atom stereocenters. The van der Waals surface area contributed by atoms with Crippen LogP contribution >= 0.6 is 0 Å². The molecule has 1 saturated heterocycles. The summed E-state index contributed by atoms with van der Waals surface area (Å²) < 4.78 is 15.6. The maximum atomic E-state index is 5.29. The lowest BCUT2D eigenvalue weighted by Crippen LogP contribution is -2.45. The Labute approximate surface area is 94.7 Å². The van der Waals surface area contributed by atoms with Crippen LogP contribution in [0.4, 0.5) is 0 Å². The molecule has 0 aromatic carbocycles. The highest BCUT2D eigenvalue weighted by Crippen LogP contribution is 2.28. The van der Waals surface area contributed by atoms with Gasteiger partial charge >= 0.3 is 0 Å². The molecule has 1 aliphatic heterocycles. The van der Waals surface area contributed by atoms with Crippen molar-refractivity contribution < 1.29 is 14.2 Å². The Balaban J connectivity index is 2.05. The van der Waals surface area contributed by atoms with Gasteiger partial charge in [0.1, 0.15) is 0 Å². The van der Waals surface area contributed by atoms with E-state index in [4.69, 9.17) is 14.2 Å². The van der Waals surface area contributed by atoms with Crippen LogP contribution in [0.1, 0.15) is 5.69 Å². The van der Waals surface area contributed by atoms with Gasteiger partial charge in [-0.1, -0.05) is 0 Å². The number of ether oxygens (including phenoxy) is 3. The van der Waals surface area contributed by atoms with E-state index in [0.717, 1.165) is 18.9 Å². The minimum absolute atomic E-state index is 0.428. The normalized spacial score (nSPS) is 15.6. The molecule has 16 heavy (non-hydrogen) atoms. The first-order valence-electron chi connectivity index (χ1n) is 5.22. The second-order valence-electron chi connectivity index (χ2n) is 3.61. The van der Waals surface area contributed by atoms with Crippen molar-refractivity contribution in [1.82, 2.24) is 10.3 Å². The van der Waals surface area contributed by atoms with Crippen LogP contribution in [0.15, 0.2) is 12.3 Å². The molecule has 1 aromatic rings. The van der Waals surface area contributed by atoms with E-state index in [1.165, 1.54) is 0 Å². The van der Waals surface area contributed by atoms with Crippen molar-refractivity contribution in [2.24, 2.45) is 0 Å². The van der Waals surface area contributed by atoms with Gasteiger partial charge in [-0.15, -0.1) is 0 Å². The first-order valence-corrected chi connectivity index (χ1v) is 5.22. The van der Waals surface area contributed by atoms with Crippen molar-refractivity contribution in [1.29, 1.82) is 0 Å². The molecule has 5 nitrogen and oxygen atoms in total. The zero-order chi connectivity index (χ0) is 11.4. The van der Waals surface area contributed by atoms with E-state index in [-0.39, 0.29) is 0 Å². The van der Waals surface area contributed by atoms with Gasteiger partial charge in [0.15, 0.2) is 11.5 Å². The fourth-order valence-corrected chi connectivity index (χ4v) is 1.57. The molecule has 0 radical (unpaired) electrons. The second-order valence-corrected chi connectivity index (χ2v) is 3.61. The first-order chi connectivity index (χ1) is 7.85. The van der Waals surface area contributed by atoms with Crippen LogP contribution in [0.3, 0.4) is 0 Å². The minimum Gasteiger partial charge on any atom is -0.493 e. The predicted molar refractivity (Wildman–Crippen MR) is 58.8 cm³/mol. The molecule has 1 aliphatic rings. The molecule has 5 heteroatoms. The van der Waals surface area contributed by atoms with Gasteiger partial charge in [0.2, 0.25) is 0 Å². The number of rotatable bonds is 5. The van der Waals surface area contributed by atoms with Crippen LogP contribution in [0, 0.1) is 0 Å². The van der Waals surface area contributed by atoms with E-state index < -0.39 is 0 Å². The van der Waals surface area contributed by atoms with Crippen molar-refractivity contribution in [3.05, 3.63) is 18.0 Å². The SMILES string of the molecule is COc1ccnc(CNC2COC2)c1OC. The Morgan fingerprint density at radius 1 is 1.44 bits per heavy atom. The number of nitrogens with one attached hydrogen (secondary N) is 1. The van der Waals surface area contributed by atoms with Gasteiger partial charge in [-0.2, -0.15) is 0 Å². The third kappa shape index (κ3) is 2.25. The van der Waals surface area contributed by atoms with Crippen LogP contribution in [0.5, 0.6) is 11.5 Å². The molecular weight excluding hydrogens is 208 g/mol. The van der Waals surface area contributed by atoms with Gasteiger partial charge in [0, 0.05) is 18.8 Å². The number of pyridine rings is 1. The highest BCUT2D eigenvalue weighted by Gasteiger charge is 2.19. The van der Waals surface area contributed by atoms with Crippen molar-refractivity contribution in [2.75, 3.05) is 27.4 Å². The highest BCUT2D eigenvalue weighted by molar-refractivity contribution is 5.42. The summed E-state index contributed by atoms with van der Waals surface area (Å²) in [6.45, 7) is 2.20. The number of nitrogens with zero attached hydrogens (tertiary/aromatic N) is 1. The number of aromatic nitrogens is 1. The van der Waals surface area contributed by atoms with E-state index in [1.807, 2.05) is 0 Å². The molecule has 1 N–H and O–H groups in total. The number of methoxy groups -OCH3 is 2. The summed E-state index contributed by atoms with van der Waals surface area (Å²) in [6, 6.07) is 2.21. The maximum Gasteiger partial charge on any atom is 0.183 e. The summed E-state index contributed by atoms with van der Waals surface area (Å²) in [6.07, 6.45) is 1.72. The molecule has 88 valence electrons. The lowest BCUT2D eigenvalue weighted by Gasteiger charge is -2.27. The van der Waals surface area contributed by atoms with Crippen molar-refractivity contribution >= 4 is 0 Å². The van der Waals surface area contributed by atoms with Crippen LogP contribution in [0.2, 0.25) is 0 Å². The molecule has 0 bridgehead atoms. The van der Waals surface area contributed by atoms with Crippen molar-refractivity contribution in [3.63, 3.8) is 0 Å². The standard InChI is InChI=1S/C11H16N2O3/c1-14-10-3-4-12-9(11(10)15-2)5-13-8-6-16-7-8/h3-4,8,13H,5-7H2,1-2H3. The Hall–Kier alpha value is -1.33. The Morgan fingerprint density at radius 2 is 2.25 bits per heavy atom. The first kappa shape index (κ1) is 11.2. The summed E-state index contributed by atoms with van der Waals surface area (Å²) >= 11 is 0. The average molecular weight is 224 g/mol. The molecule has 2 rings (SSSR count). The van der Waals surface area contributed by atoms with E-state index >= 15 is 0 Å². The minimum atomic E-state index is 0.428. The monoisotopic (exact) mass is 224 g/mol. The number of hydrogen-bond acceptors (Lipinski definition) is 5. The van der Waals surface area contributed by atoms with Crippen LogP contribution in [-0.2, 0) is 11.3 Å². The van der Waals surface area contributed by atoms with Gasteiger partial charge in [-0.3, -0.25) is 4.98 Å². The predicted octanol–water partition coefficient (Wildman–Crippen LogP) is 0.587. The second kappa shape index (κ2) is 5.14. The summed E-state index contributed by atoms with van der Waals surface area (Å²) in [4.78, 5) is 4.28. The van der Waals surface area contributed by atoms with Crippen LogP contribution < -0.4 is 14.8 Å². The lowest BCUT2D eigenvalue weighted by molar-refractivity contribution is -0.00598. The zero-order valence-corrected chi connectivity index (χ0v) is 9.53. The average Bonchev–Trinajstić information content (AvgIpc) is 2.26. The van der Waals surface area contributed by atoms with Gasteiger partial charge in [0.25, 0.3) is 0 Å². The highest BCUT2D eigenvalue weighted by atomic mass is 16.5. The molecule has 0 saturated carbocycles. The Kier molecular flexibility index (Phi) is 3.58. The van der Waals surface area contributed by atoms with Gasteiger partial charge in [-0.05, 0) is 0 Å². The summed E-state index contributed by atoms with van der Waals surface area (Å²) in [5.74, 6) is 1.40. The molecule has 0 amide bonds. The molecular formula is C11H16N2O3. The van der Waals surface area contributed by atoms with Gasteiger partial charge in [-0.25, -0.2) is 0 Å². The quantitative estimate of drug-likeness (QED) is 0.793. The summed E-state index contributed by atoms with van der Waals surface area (Å²) in [7, 11) is 3.24. The summed E-state index contributed by atoms with van der Waals surface area (Å²) in [5, 5.41) is 3.34. The zero-order valence-electron chi connectivity index (χ0n) is 9.53. The molecule has 0 aliphatic carbocycles. The Morgan fingerprint density at radius 3 is 2.81 bits per heavy atom. The van der Waals surface area contributed by atoms with Gasteiger partial charge < -0.3 is 19.5 Å². The third-order valence-electron chi connectivity index (χ3n) is 2.56. The van der Waals surface area contributed by atoms with E-state index in [2.05, 4.69) is 10.3 Å². The maximum absolute atomic E-state index is 5.29. The largest absolute Gasteiger partial charge is 0.493 e. The molecule has 1 fully saturated rings. The smallest absolute Gasteiger partial charge is 0.183 e. The van der Waals surface area contributed by atoms with Crippen LogP contribution in [-0.4, -0.2) is 38.5 Å². The van der Waals surface area contributed by atoms with Crippen molar-refractivity contribution in [2.45, 2.75) is 12.6 Å². The Bertz CT molecular complexity index is 353. The molecule has 0 atom stereocenters. The summed E-state index contributed by atoms with van der Waals surface area (Å²) in [5.41, 5.74) is 0.855. The van der Waals surface area contributed by atoms with E-state index in [0.29, 0.717) is 24.1 Å².